The minimum absolute atomic E-state index is 0. The van der Waals surface area contributed by atoms with E-state index in [1.54, 1.807) is 0 Å². The second-order valence-corrected chi connectivity index (χ2v) is 8.26. The van der Waals surface area contributed by atoms with E-state index in [-0.39, 0.29) is 24.8 Å². The zero-order valence-electron chi connectivity index (χ0n) is 16.9. The first-order valence-corrected chi connectivity index (χ1v) is 10.5. The first-order valence-electron chi connectivity index (χ1n) is 10.5. The Morgan fingerprint density at radius 3 is 2.71 bits per heavy atom. The number of hydrogen-bond donors (Lipinski definition) is 1. The Morgan fingerprint density at radius 1 is 1.18 bits per heavy atom. The van der Waals surface area contributed by atoms with Crippen LogP contribution < -0.4 is 5.32 Å². The molecule has 1 aromatic heterocycles. The lowest BCUT2D eigenvalue weighted by atomic mass is 9.82. The highest BCUT2D eigenvalue weighted by Gasteiger charge is 2.40. The maximum atomic E-state index is 12.6. The van der Waals surface area contributed by atoms with E-state index in [0.717, 1.165) is 65.1 Å². The summed E-state index contributed by atoms with van der Waals surface area (Å²) in [5, 5.41) is 3.44. The topological polar surface area (TPSA) is 53.4 Å². The van der Waals surface area contributed by atoms with Crippen molar-refractivity contribution in [3.8, 4) is 0 Å². The van der Waals surface area contributed by atoms with Crippen LogP contribution in [-0.4, -0.2) is 64.0 Å². The molecular weight excluding hydrogens is 397 g/mol. The fourth-order valence-corrected chi connectivity index (χ4v) is 5.13. The van der Waals surface area contributed by atoms with Gasteiger partial charge in [0.15, 0.2) is 0 Å². The van der Waals surface area contributed by atoms with Gasteiger partial charge in [-0.25, -0.2) is 4.98 Å². The highest BCUT2D eigenvalue weighted by Crippen LogP contribution is 2.33. The van der Waals surface area contributed by atoms with Crippen LogP contribution in [0.3, 0.4) is 0 Å². The molecule has 0 bridgehead atoms. The Morgan fingerprint density at radius 2 is 1.96 bits per heavy atom. The highest BCUT2D eigenvalue weighted by molar-refractivity contribution is 5.85. The van der Waals surface area contributed by atoms with Gasteiger partial charge in [-0.2, -0.15) is 0 Å². The highest BCUT2D eigenvalue weighted by atomic mass is 35.5. The van der Waals surface area contributed by atoms with Crippen molar-refractivity contribution in [3.63, 3.8) is 0 Å². The number of hydrogen-bond acceptors (Lipinski definition) is 4. The number of carbonyl (C=O) groups excluding carboxylic acids is 1. The van der Waals surface area contributed by atoms with Gasteiger partial charge in [-0.3, -0.25) is 9.69 Å². The molecule has 0 spiro atoms. The van der Waals surface area contributed by atoms with Crippen molar-refractivity contribution >= 4 is 30.7 Å². The average Bonchev–Trinajstić information content (AvgIpc) is 3.12. The summed E-state index contributed by atoms with van der Waals surface area (Å²) in [6.45, 7) is 9.48. The molecule has 3 saturated heterocycles. The Hall–Kier alpha value is -0.820. The molecule has 3 fully saturated rings. The number of halogens is 2. The first-order chi connectivity index (χ1) is 12.7. The van der Waals surface area contributed by atoms with Gasteiger partial charge in [0.05, 0.1) is 6.54 Å². The Bertz CT molecular complexity index is 619. The van der Waals surface area contributed by atoms with Crippen molar-refractivity contribution in [2.24, 2.45) is 11.8 Å². The number of nitrogens with one attached hydrogen (secondary N) is 1. The van der Waals surface area contributed by atoms with E-state index in [1.807, 2.05) is 6.20 Å². The molecule has 3 aliphatic rings. The molecular formula is C20H35Cl2N5O. The minimum Gasteiger partial charge on any atom is -0.339 e. The molecule has 4 rings (SSSR count). The number of rotatable bonds is 5. The summed E-state index contributed by atoms with van der Waals surface area (Å²) in [7, 11) is 0. The van der Waals surface area contributed by atoms with Crippen molar-refractivity contribution < 1.29 is 4.79 Å². The number of aromatic nitrogens is 2. The van der Waals surface area contributed by atoms with Gasteiger partial charge in [0, 0.05) is 51.0 Å². The smallest absolute Gasteiger partial charge is 0.222 e. The molecule has 0 radical (unpaired) electrons. The van der Waals surface area contributed by atoms with Crippen molar-refractivity contribution in [3.05, 3.63) is 18.2 Å². The SMILES string of the molecule is CCn1ccnc1CN1CC[C@@H]2[C@@H](CCC(=O)N2CC2CCNCC2)C1.Cl.Cl. The van der Waals surface area contributed by atoms with Gasteiger partial charge < -0.3 is 14.8 Å². The van der Waals surface area contributed by atoms with E-state index in [0.29, 0.717) is 23.8 Å². The molecule has 8 heteroatoms. The number of amides is 1. The molecule has 0 saturated carbocycles. The number of nitrogens with zero attached hydrogens (tertiary/aromatic N) is 4. The van der Waals surface area contributed by atoms with Crippen molar-refractivity contribution in [1.82, 2.24) is 24.7 Å². The molecule has 3 aliphatic heterocycles. The number of piperidine rings is 3. The normalized spacial score (nSPS) is 26.3. The third-order valence-electron chi connectivity index (χ3n) is 6.65. The molecule has 0 aromatic carbocycles. The van der Waals surface area contributed by atoms with Gasteiger partial charge in [-0.05, 0) is 57.5 Å². The monoisotopic (exact) mass is 431 g/mol. The minimum atomic E-state index is 0. The van der Waals surface area contributed by atoms with Crippen molar-refractivity contribution in [2.45, 2.75) is 58.2 Å². The fourth-order valence-electron chi connectivity index (χ4n) is 5.13. The summed E-state index contributed by atoms with van der Waals surface area (Å²) < 4.78 is 2.24. The quantitative estimate of drug-likeness (QED) is 0.777. The van der Waals surface area contributed by atoms with Crippen molar-refractivity contribution in [2.75, 3.05) is 32.7 Å². The lowest BCUT2D eigenvalue weighted by molar-refractivity contribution is -0.142. The zero-order valence-corrected chi connectivity index (χ0v) is 18.5. The molecule has 6 nitrogen and oxygen atoms in total. The number of likely N-dealkylation sites (tertiary alicyclic amines) is 2. The van der Waals surface area contributed by atoms with E-state index in [1.165, 1.54) is 18.7 Å². The van der Waals surface area contributed by atoms with Crippen LogP contribution >= 0.6 is 24.8 Å². The van der Waals surface area contributed by atoms with E-state index in [4.69, 9.17) is 0 Å². The van der Waals surface area contributed by atoms with Crippen molar-refractivity contribution in [1.29, 1.82) is 0 Å². The molecule has 2 atom stereocenters. The van der Waals surface area contributed by atoms with Gasteiger partial charge in [0.2, 0.25) is 5.91 Å². The zero-order chi connectivity index (χ0) is 17.9. The summed E-state index contributed by atoms with van der Waals surface area (Å²) in [6.07, 6.45) is 9.33. The second kappa shape index (κ2) is 10.8. The summed E-state index contributed by atoms with van der Waals surface area (Å²) in [6, 6.07) is 0.466. The number of carbonyl (C=O) groups is 1. The fraction of sp³-hybridized carbons (Fsp3) is 0.800. The van der Waals surface area contributed by atoms with Crippen LogP contribution in [-0.2, 0) is 17.9 Å². The summed E-state index contributed by atoms with van der Waals surface area (Å²) >= 11 is 0. The molecule has 160 valence electrons. The summed E-state index contributed by atoms with van der Waals surface area (Å²) in [5.41, 5.74) is 0. The summed E-state index contributed by atoms with van der Waals surface area (Å²) in [5.74, 6) is 2.89. The van der Waals surface area contributed by atoms with E-state index in [9.17, 15) is 4.79 Å². The van der Waals surface area contributed by atoms with Crippen LogP contribution in [0.4, 0.5) is 0 Å². The van der Waals surface area contributed by atoms with Crippen LogP contribution in [0.15, 0.2) is 12.4 Å². The molecule has 1 amide bonds. The van der Waals surface area contributed by atoms with E-state index >= 15 is 0 Å². The predicted octanol–water partition coefficient (Wildman–Crippen LogP) is 2.56. The first kappa shape index (κ1) is 23.5. The molecule has 0 aliphatic carbocycles. The average molecular weight is 432 g/mol. The largest absolute Gasteiger partial charge is 0.339 e. The molecule has 4 heterocycles. The lowest BCUT2D eigenvalue weighted by Crippen LogP contribution is -2.57. The van der Waals surface area contributed by atoms with Gasteiger partial charge in [0.25, 0.3) is 0 Å². The standard InChI is InChI=1S/C20H33N5O.2ClH/c1-2-24-12-10-22-19(24)15-23-11-7-18-17(14-23)3-4-20(26)25(18)13-16-5-8-21-9-6-16;;/h10,12,16-18,21H,2-9,11,13-15H2,1H3;2*1H/t17-,18+;;/m0../s1. The van der Waals surface area contributed by atoms with Crippen LogP contribution in [0.2, 0.25) is 0 Å². The van der Waals surface area contributed by atoms with Crippen LogP contribution in [0.25, 0.3) is 0 Å². The molecule has 1 N–H and O–H groups in total. The Labute approximate surface area is 181 Å². The third kappa shape index (κ3) is 5.21. The Kier molecular flexibility index (Phi) is 9.06. The van der Waals surface area contributed by atoms with Gasteiger partial charge >= 0.3 is 0 Å². The maximum Gasteiger partial charge on any atom is 0.222 e. The van der Waals surface area contributed by atoms with Crippen LogP contribution in [0.1, 0.15) is 44.9 Å². The number of fused-ring (bicyclic) bond motifs is 1. The summed E-state index contributed by atoms with van der Waals surface area (Å²) in [4.78, 5) is 22.0. The van der Waals surface area contributed by atoms with E-state index in [2.05, 4.69) is 37.8 Å². The van der Waals surface area contributed by atoms with E-state index < -0.39 is 0 Å². The number of aryl methyl sites for hydroxylation is 1. The number of imidazole rings is 1. The molecule has 0 unspecified atom stereocenters. The van der Waals surface area contributed by atoms with Crippen LogP contribution in [0, 0.1) is 11.8 Å². The third-order valence-corrected chi connectivity index (χ3v) is 6.65. The van der Waals surface area contributed by atoms with Gasteiger partial charge in [0.1, 0.15) is 5.82 Å². The van der Waals surface area contributed by atoms with Gasteiger partial charge in [-0.15, -0.1) is 24.8 Å². The van der Waals surface area contributed by atoms with Gasteiger partial charge in [-0.1, -0.05) is 0 Å². The Balaban J connectivity index is 0.00000140. The maximum absolute atomic E-state index is 12.6. The second-order valence-electron chi connectivity index (χ2n) is 8.26. The molecule has 1 aromatic rings. The van der Waals surface area contributed by atoms with Crippen LogP contribution in [0.5, 0.6) is 0 Å². The molecule has 28 heavy (non-hydrogen) atoms. The predicted molar refractivity (Wildman–Crippen MR) is 116 cm³/mol. The lowest BCUT2D eigenvalue weighted by Gasteiger charge is -2.48.